The fourth-order valence-corrected chi connectivity index (χ4v) is 4.40. The molecule has 2 aromatic rings. The summed E-state index contributed by atoms with van der Waals surface area (Å²) in [7, 11) is 1.55. The number of hydrogen-bond donors (Lipinski definition) is 2. The zero-order valence-corrected chi connectivity index (χ0v) is 18.4. The van der Waals surface area contributed by atoms with Crippen molar-refractivity contribution in [3.63, 3.8) is 0 Å². The first kappa shape index (κ1) is 22.4. The summed E-state index contributed by atoms with van der Waals surface area (Å²) in [5.41, 5.74) is 1.18. The molecule has 4 rings (SSSR count). The first-order chi connectivity index (χ1) is 15.4. The average Bonchev–Trinajstić information content (AvgIpc) is 3.11. The van der Waals surface area contributed by atoms with Crippen LogP contribution >= 0.6 is 0 Å². The number of hydrogen-bond acceptors (Lipinski definition) is 6. The van der Waals surface area contributed by atoms with E-state index in [1.807, 2.05) is 0 Å². The maximum absolute atomic E-state index is 13.5. The van der Waals surface area contributed by atoms with Crippen molar-refractivity contribution in [2.24, 2.45) is 0 Å². The molecule has 1 fully saturated rings. The molecule has 0 aromatic heterocycles. The minimum Gasteiger partial charge on any atom is -0.497 e. The van der Waals surface area contributed by atoms with Crippen LogP contribution in [0.1, 0.15) is 25.3 Å². The van der Waals surface area contributed by atoms with E-state index >= 15 is 0 Å². The molecule has 32 heavy (non-hydrogen) atoms. The molecule has 1 atom stereocenters. The normalized spacial score (nSPS) is 18.0. The molecule has 2 aliphatic heterocycles. The van der Waals surface area contributed by atoms with Gasteiger partial charge in [0.1, 0.15) is 41.4 Å². The molecule has 1 spiro atoms. The highest BCUT2D eigenvalue weighted by Gasteiger charge is 2.42. The van der Waals surface area contributed by atoms with Gasteiger partial charge in [0.05, 0.1) is 12.8 Å². The summed E-state index contributed by atoms with van der Waals surface area (Å²) in [6.07, 6.45) is 1.66. The summed E-state index contributed by atoms with van der Waals surface area (Å²) in [5.74, 6) is 1.38. The van der Waals surface area contributed by atoms with Gasteiger partial charge in [-0.15, -0.1) is 0 Å². The lowest BCUT2D eigenvalue weighted by atomic mass is 9.87. The number of amides is 1. The van der Waals surface area contributed by atoms with Gasteiger partial charge in [-0.3, -0.25) is 4.79 Å². The lowest BCUT2D eigenvalue weighted by Crippen LogP contribution is -2.49. The van der Waals surface area contributed by atoms with Crippen LogP contribution in [0.2, 0.25) is 0 Å². The minimum atomic E-state index is -0.698. The molecule has 2 aliphatic rings. The van der Waals surface area contributed by atoms with E-state index in [1.54, 1.807) is 37.4 Å². The molecule has 8 heteroatoms. The predicted molar refractivity (Wildman–Crippen MR) is 118 cm³/mol. The van der Waals surface area contributed by atoms with Crippen molar-refractivity contribution in [3.05, 3.63) is 47.8 Å². The third-order valence-electron chi connectivity index (χ3n) is 6.03. The minimum absolute atomic E-state index is 0.0859. The van der Waals surface area contributed by atoms with Gasteiger partial charge in [0.25, 0.3) is 0 Å². The summed E-state index contributed by atoms with van der Waals surface area (Å²) < 4.78 is 30.7. The molecular weight excluding hydrogens is 415 g/mol. The smallest absolute Gasteiger partial charge is 0.221 e. The van der Waals surface area contributed by atoms with E-state index in [0.717, 1.165) is 43.7 Å². The zero-order chi connectivity index (χ0) is 22.7. The quantitative estimate of drug-likeness (QED) is 0.684. The lowest BCUT2D eigenvalue weighted by molar-refractivity contribution is -0.114. The Morgan fingerprint density at radius 2 is 2.06 bits per heavy atom. The first-order valence-electron chi connectivity index (χ1n) is 10.8. The van der Waals surface area contributed by atoms with Crippen LogP contribution in [0.25, 0.3) is 0 Å². The van der Waals surface area contributed by atoms with E-state index in [1.165, 1.54) is 13.0 Å². The Morgan fingerprint density at radius 1 is 1.28 bits per heavy atom. The van der Waals surface area contributed by atoms with Gasteiger partial charge in [-0.2, -0.15) is 0 Å². The zero-order valence-electron chi connectivity index (χ0n) is 18.4. The van der Waals surface area contributed by atoms with Crippen molar-refractivity contribution in [1.82, 2.24) is 4.90 Å². The topological polar surface area (TPSA) is 80.3 Å². The fourth-order valence-electron chi connectivity index (χ4n) is 4.40. The van der Waals surface area contributed by atoms with Crippen LogP contribution in [0.3, 0.4) is 0 Å². The Kier molecular flexibility index (Phi) is 6.53. The summed E-state index contributed by atoms with van der Waals surface area (Å²) in [6, 6.07) is 9.82. The standard InChI is InChI=1S/C24H29FN2O5/c1-16(28)26-21-5-4-20(30-2)12-23(21)31-15-19(29)14-27-9-7-24(8-10-27)13-17-11-18(25)3-6-22(17)32-24/h3-6,11-12,19,29H,7-10,13-15H2,1-2H3,(H,26,28)/t19-/m1/s1. The number of rotatable bonds is 7. The van der Waals surface area contributed by atoms with Crippen LogP contribution in [0.4, 0.5) is 10.1 Å². The highest BCUT2D eigenvalue weighted by Crippen LogP contribution is 2.41. The number of ether oxygens (including phenoxy) is 3. The summed E-state index contributed by atoms with van der Waals surface area (Å²) in [4.78, 5) is 13.6. The van der Waals surface area contributed by atoms with Crippen molar-refractivity contribution in [2.75, 3.05) is 38.7 Å². The fraction of sp³-hybridized carbons (Fsp3) is 0.458. The SMILES string of the molecule is COc1ccc(NC(C)=O)c(OC[C@H](O)CN2CCC3(CC2)Cc2cc(F)ccc2O3)c1. The van der Waals surface area contributed by atoms with Gasteiger partial charge in [-0.05, 0) is 30.3 Å². The third kappa shape index (κ3) is 5.14. The lowest BCUT2D eigenvalue weighted by Gasteiger charge is -2.39. The van der Waals surface area contributed by atoms with Crippen LogP contribution in [-0.4, -0.2) is 61.0 Å². The van der Waals surface area contributed by atoms with Gasteiger partial charge >= 0.3 is 0 Å². The number of benzene rings is 2. The van der Waals surface area contributed by atoms with Crippen molar-refractivity contribution in [2.45, 2.75) is 37.9 Å². The van der Waals surface area contributed by atoms with E-state index in [0.29, 0.717) is 23.7 Å². The van der Waals surface area contributed by atoms with Gasteiger partial charge in [0.15, 0.2) is 0 Å². The van der Waals surface area contributed by atoms with Crippen LogP contribution in [0, 0.1) is 5.82 Å². The van der Waals surface area contributed by atoms with Crippen LogP contribution in [-0.2, 0) is 11.2 Å². The Hall–Kier alpha value is -2.84. The molecule has 0 aliphatic carbocycles. The van der Waals surface area contributed by atoms with Crippen LogP contribution < -0.4 is 19.5 Å². The van der Waals surface area contributed by atoms with E-state index in [9.17, 15) is 14.3 Å². The number of halogens is 1. The Labute approximate surface area is 187 Å². The van der Waals surface area contributed by atoms with E-state index in [4.69, 9.17) is 14.2 Å². The van der Waals surface area contributed by atoms with E-state index in [-0.39, 0.29) is 23.9 Å². The molecule has 1 saturated heterocycles. The number of β-amino-alcohol motifs (C(OH)–C–C–N with tert-alkyl or cyclic N) is 1. The molecule has 1 amide bonds. The Morgan fingerprint density at radius 3 is 2.78 bits per heavy atom. The molecule has 0 bridgehead atoms. The molecule has 0 radical (unpaired) electrons. The Bertz CT molecular complexity index is 975. The molecule has 0 saturated carbocycles. The van der Waals surface area contributed by atoms with Gasteiger partial charge in [-0.25, -0.2) is 4.39 Å². The number of nitrogens with zero attached hydrogens (tertiary/aromatic N) is 1. The predicted octanol–water partition coefficient (Wildman–Crippen LogP) is 3.00. The average molecular weight is 445 g/mol. The molecule has 0 unspecified atom stereocenters. The maximum Gasteiger partial charge on any atom is 0.221 e. The molecule has 172 valence electrons. The molecule has 7 nitrogen and oxygen atoms in total. The highest BCUT2D eigenvalue weighted by molar-refractivity contribution is 5.90. The van der Waals surface area contributed by atoms with Crippen LogP contribution in [0.15, 0.2) is 36.4 Å². The molecular formula is C24H29FN2O5. The number of fused-ring (bicyclic) bond motifs is 1. The molecule has 2 aromatic carbocycles. The number of likely N-dealkylation sites (tertiary alicyclic amines) is 1. The number of nitrogens with one attached hydrogen (secondary N) is 1. The summed E-state index contributed by atoms with van der Waals surface area (Å²) >= 11 is 0. The Balaban J connectivity index is 1.28. The van der Waals surface area contributed by atoms with Crippen molar-refractivity contribution in [3.8, 4) is 17.2 Å². The molecule has 2 N–H and O–H groups in total. The number of aliphatic hydroxyl groups is 1. The highest BCUT2D eigenvalue weighted by atomic mass is 19.1. The van der Waals surface area contributed by atoms with Crippen LogP contribution in [0.5, 0.6) is 17.2 Å². The second-order valence-electron chi connectivity index (χ2n) is 8.52. The van der Waals surface area contributed by atoms with E-state index in [2.05, 4.69) is 10.2 Å². The number of anilines is 1. The number of carbonyl (C=O) groups excluding carboxylic acids is 1. The van der Waals surface area contributed by atoms with Gasteiger partial charge < -0.3 is 29.5 Å². The second kappa shape index (κ2) is 9.34. The summed E-state index contributed by atoms with van der Waals surface area (Å²) in [6.45, 7) is 3.54. The van der Waals surface area contributed by atoms with E-state index < -0.39 is 6.10 Å². The number of methoxy groups -OCH3 is 1. The molecule has 2 heterocycles. The third-order valence-corrected chi connectivity index (χ3v) is 6.03. The van der Waals surface area contributed by atoms with Gasteiger partial charge in [-0.1, -0.05) is 0 Å². The van der Waals surface area contributed by atoms with Crippen molar-refractivity contribution >= 4 is 11.6 Å². The first-order valence-corrected chi connectivity index (χ1v) is 10.8. The van der Waals surface area contributed by atoms with Crippen molar-refractivity contribution < 1.29 is 28.5 Å². The monoisotopic (exact) mass is 444 g/mol. The second-order valence-corrected chi connectivity index (χ2v) is 8.52. The summed E-state index contributed by atoms with van der Waals surface area (Å²) in [5, 5.41) is 13.3. The maximum atomic E-state index is 13.5. The van der Waals surface area contributed by atoms with Gasteiger partial charge in [0.2, 0.25) is 5.91 Å². The largest absolute Gasteiger partial charge is 0.497 e. The number of piperidine rings is 1. The van der Waals surface area contributed by atoms with Crippen molar-refractivity contribution in [1.29, 1.82) is 0 Å². The number of aliphatic hydroxyl groups excluding tert-OH is 1. The number of carbonyl (C=O) groups is 1. The van der Waals surface area contributed by atoms with Gasteiger partial charge in [0, 0.05) is 57.5 Å².